The van der Waals surface area contributed by atoms with E-state index in [1.807, 2.05) is 12.1 Å². The molecule has 2 fully saturated rings. The van der Waals surface area contributed by atoms with Crippen LogP contribution in [0.3, 0.4) is 0 Å². The molecular formula is C17H25FN2. The molecule has 110 valence electrons. The van der Waals surface area contributed by atoms with E-state index in [1.54, 1.807) is 12.1 Å². The SMILES string of the molecule is CC1CCNC(C)(C2CC2)CN1Cc1ccc(F)cc1. The van der Waals surface area contributed by atoms with Gasteiger partial charge in [-0.2, -0.15) is 0 Å². The molecule has 0 radical (unpaired) electrons. The van der Waals surface area contributed by atoms with E-state index in [4.69, 9.17) is 0 Å². The first-order valence-electron chi connectivity index (χ1n) is 7.80. The second-order valence-electron chi connectivity index (χ2n) is 6.79. The number of hydrogen-bond acceptors (Lipinski definition) is 2. The van der Waals surface area contributed by atoms with E-state index in [-0.39, 0.29) is 11.4 Å². The van der Waals surface area contributed by atoms with E-state index in [1.165, 1.54) is 24.8 Å². The van der Waals surface area contributed by atoms with Gasteiger partial charge in [0.15, 0.2) is 0 Å². The highest BCUT2D eigenvalue weighted by Crippen LogP contribution is 2.41. The van der Waals surface area contributed by atoms with Crippen molar-refractivity contribution in [2.24, 2.45) is 5.92 Å². The molecule has 1 saturated carbocycles. The Bertz CT molecular complexity index is 455. The molecule has 1 aliphatic heterocycles. The van der Waals surface area contributed by atoms with Crippen LogP contribution in [-0.4, -0.2) is 29.6 Å². The Morgan fingerprint density at radius 3 is 2.60 bits per heavy atom. The second-order valence-corrected chi connectivity index (χ2v) is 6.79. The summed E-state index contributed by atoms with van der Waals surface area (Å²) in [6.45, 7) is 7.81. The fraction of sp³-hybridized carbons (Fsp3) is 0.647. The highest BCUT2D eigenvalue weighted by atomic mass is 19.1. The lowest BCUT2D eigenvalue weighted by Crippen LogP contribution is -2.51. The van der Waals surface area contributed by atoms with Crippen molar-refractivity contribution in [3.63, 3.8) is 0 Å². The molecule has 20 heavy (non-hydrogen) atoms. The summed E-state index contributed by atoms with van der Waals surface area (Å²) < 4.78 is 13.0. The van der Waals surface area contributed by atoms with Gasteiger partial charge in [0.25, 0.3) is 0 Å². The van der Waals surface area contributed by atoms with Gasteiger partial charge in [-0.1, -0.05) is 12.1 Å². The summed E-state index contributed by atoms with van der Waals surface area (Å²) in [6, 6.07) is 7.53. The van der Waals surface area contributed by atoms with Gasteiger partial charge < -0.3 is 5.32 Å². The summed E-state index contributed by atoms with van der Waals surface area (Å²) in [4.78, 5) is 2.56. The topological polar surface area (TPSA) is 15.3 Å². The van der Waals surface area contributed by atoms with Gasteiger partial charge >= 0.3 is 0 Å². The number of halogens is 1. The number of hydrogen-bond donors (Lipinski definition) is 1. The molecule has 0 bridgehead atoms. The first-order chi connectivity index (χ1) is 9.57. The maximum atomic E-state index is 13.0. The van der Waals surface area contributed by atoms with Crippen LogP contribution in [0.5, 0.6) is 0 Å². The maximum Gasteiger partial charge on any atom is 0.123 e. The Kier molecular flexibility index (Phi) is 3.83. The van der Waals surface area contributed by atoms with Crippen LogP contribution in [0.1, 0.15) is 38.7 Å². The fourth-order valence-electron chi connectivity index (χ4n) is 3.41. The Morgan fingerprint density at radius 2 is 1.95 bits per heavy atom. The summed E-state index contributed by atoms with van der Waals surface area (Å²) >= 11 is 0. The van der Waals surface area contributed by atoms with Crippen molar-refractivity contribution in [1.82, 2.24) is 10.2 Å². The van der Waals surface area contributed by atoms with E-state index < -0.39 is 0 Å². The summed E-state index contributed by atoms with van der Waals surface area (Å²) in [6.07, 6.45) is 3.91. The summed E-state index contributed by atoms with van der Waals surface area (Å²) in [7, 11) is 0. The van der Waals surface area contributed by atoms with E-state index >= 15 is 0 Å². The quantitative estimate of drug-likeness (QED) is 0.912. The fourth-order valence-corrected chi connectivity index (χ4v) is 3.41. The number of rotatable bonds is 3. The lowest BCUT2D eigenvalue weighted by atomic mass is 9.95. The van der Waals surface area contributed by atoms with E-state index in [0.29, 0.717) is 6.04 Å². The molecule has 2 aliphatic rings. The predicted octanol–water partition coefficient (Wildman–Crippen LogP) is 3.18. The molecule has 0 spiro atoms. The Labute approximate surface area is 121 Å². The molecule has 1 heterocycles. The third-order valence-electron chi connectivity index (χ3n) is 5.02. The van der Waals surface area contributed by atoms with Crippen molar-refractivity contribution in [1.29, 1.82) is 0 Å². The molecule has 1 aromatic rings. The molecule has 0 amide bonds. The molecule has 3 heteroatoms. The summed E-state index contributed by atoms with van der Waals surface area (Å²) in [5.41, 5.74) is 1.46. The minimum atomic E-state index is -0.151. The Balaban J connectivity index is 1.73. The zero-order valence-electron chi connectivity index (χ0n) is 12.5. The van der Waals surface area contributed by atoms with E-state index in [2.05, 4.69) is 24.1 Å². The average molecular weight is 276 g/mol. The normalized spacial score (nSPS) is 32.0. The number of benzene rings is 1. The van der Waals surface area contributed by atoms with E-state index in [9.17, 15) is 4.39 Å². The molecule has 1 N–H and O–H groups in total. The van der Waals surface area contributed by atoms with Crippen molar-refractivity contribution in [2.75, 3.05) is 13.1 Å². The second kappa shape index (κ2) is 5.45. The van der Waals surface area contributed by atoms with Gasteiger partial charge in [0.05, 0.1) is 0 Å². The highest BCUT2D eigenvalue weighted by Gasteiger charge is 2.43. The van der Waals surface area contributed by atoms with Crippen LogP contribution in [0.25, 0.3) is 0 Å². The van der Waals surface area contributed by atoms with Gasteiger partial charge in [-0.05, 0) is 63.3 Å². The summed E-state index contributed by atoms with van der Waals surface area (Å²) in [5.74, 6) is 0.686. The van der Waals surface area contributed by atoms with Gasteiger partial charge in [-0.15, -0.1) is 0 Å². The number of nitrogens with zero attached hydrogens (tertiary/aromatic N) is 1. The molecule has 3 rings (SSSR count). The van der Waals surface area contributed by atoms with Crippen molar-refractivity contribution in [3.8, 4) is 0 Å². The predicted molar refractivity (Wildman–Crippen MR) is 80.0 cm³/mol. The first-order valence-corrected chi connectivity index (χ1v) is 7.80. The van der Waals surface area contributed by atoms with Crippen LogP contribution < -0.4 is 5.32 Å². The van der Waals surface area contributed by atoms with Crippen molar-refractivity contribution in [2.45, 2.75) is 51.2 Å². The summed E-state index contributed by atoms with van der Waals surface area (Å²) in [5, 5.41) is 3.77. The Morgan fingerprint density at radius 1 is 1.25 bits per heavy atom. The Hall–Kier alpha value is -0.930. The molecule has 1 saturated heterocycles. The zero-order chi connectivity index (χ0) is 14.2. The first kappa shape index (κ1) is 14.0. The third kappa shape index (κ3) is 3.04. The maximum absolute atomic E-state index is 13.0. The standard InChI is InChI=1S/C17H25FN2/c1-13-9-10-19-17(2,15-5-6-15)12-20(13)11-14-3-7-16(18)8-4-14/h3-4,7-8,13,15,19H,5-6,9-12H2,1-2H3. The van der Waals surface area contributed by atoms with Crippen LogP contribution in [0, 0.1) is 11.7 Å². The smallest absolute Gasteiger partial charge is 0.123 e. The van der Waals surface area contributed by atoms with Gasteiger partial charge in [-0.25, -0.2) is 4.39 Å². The van der Waals surface area contributed by atoms with Gasteiger partial charge in [0, 0.05) is 24.7 Å². The van der Waals surface area contributed by atoms with E-state index in [0.717, 1.165) is 25.6 Å². The minimum Gasteiger partial charge on any atom is -0.310 e. The highest BCUT2D eigenvalue weighted by molar-refractivity contribution is 5.16. The zero-order valence-corrected chi connectivity index (χ0v) is 12.5. The number of nitrogens with one attached hydrogen (secondary N) is 1. The molecule has 2 nitrogen and oxygen atoms in total. The molecule has 2 unspecified atom stereocenters. The molecule has 0 aromatic heterocycles. The van der Waals surface area contributed by atoms with Gasteiger partial charge in [-0.3, -0.25) is 4.90 Å². The largest absolute Gasteiger partial charge is 0.310 e. The van der Waals surface area contributed by atoms with Crippen LogP contribution in [0.4, 0.5) is 4.39 Å². The van der Waals surface area contributed by atoms with Gasteiger partial charge in [0.1, 0.15) is 5.82 Å². The van der Waals surface area contributed by atoms with Gasteiger partial charge in [0.2, 0.25) is 0 Å². The van der Waals surface area contributed by atoms with Crippen LogP contribution in [0.2, 0.25) is 0 Å². The van der Waals surface area contributed by atoms with Crippen LogP contribution in [0.15, 0.2) is 24.3 Å². The van der Waals surface area contributed by atoms with Crippen LogP contribution in [-0.2, 0) is 6.54 Å². The van der Waals surface area contributed by atoms with Crippen molar-refractivity contribution in [3.05, 3.63) is 35.6 Å². The molecular weight excluding hydrogens is 251 g/mol. The molecule has 1 aromatic carbocycles. The average Bonchev–Trinajstić information content (AvgIpc) is 3.24. The lowest BCUT2D eigenvalue weighted by Gasteiger charge is -2.36. The van der Waals surface area contributed by atoms with Crippen molar-refractivity contribution >= 4 is 0 Å². The van der Waals surface area contributed by atoms with Crippen LogP contribution >= 0.6 is 0 Å². The lowest BCUT2D eigenvalue weighted by molar-refractivity contribution is 0.155. The molecule has 1 aliphatic carbocycles. The molecule has 2 atom stereocenters. The van der Waals surface area contributed by atoms with Crippen molar-refractivity contribution < 1.29 is 4.39 Å². The minimum absolute atomic E-state index is 0.151. The third-order valence-corrected chi connectivity index (χ3v) is 5.02. The monoisotopic (exact) mass is 276 g/mol.